The summed E-state index contributed by atoms with van der Waals surface area (Å²) in [7, 11) is 0. The van der Waals surface area contributed by atoms with Gasteiger partial charge < -0.3 is 21.7 Å². The third-order valence-corrected chi connectivity index (χ3v) is 2.22. The van der Waals surface area contributed by atoms with Gasteiger partial charge in [-0.25, -0.2) is 4.79 Å². The predicted octanol–water partition coefficient (Wildman–Crippen LogP) is 1.50. The molecule has 1 rings (SSSR count). The Morgan fingerprint density at radius 1 is 1.11 bits per heavy atom. The minimum Gasteiger partial charge on any atom is -0.336 e. The van der Waals surface area contributed by atoms with E-state index in [1.54, 1.807) is 24.3 Å². The number of carbonyl (C=O) groups is 2. The maximum Gasteiger partial charge on any atom is 0.319 e. The summed E-state index contributed by atoms with van der Waals surface area (Å²) in [6.45, 7) is 4.09. The van der Waals surface area contributed by atoms with Gasteiger partial charge in [-0.1, -0.05) is 0 Å². The standard InChI is InChI=1S/C13H20N4O2/c1-9(2)15-13(19)17-11-5-3-10(4-6-11)16-12(18)7-8-14/h3-6,9H,7-8,14H2,1-2H3,(H,16,18)(H2,15,17,19). The lowest BCUT2D eigenvalue weighted by molar-refractivity contribution is -0.116. The fourth-order valence-electron chi connectivity index (χ4n) is 1.42. The Morgan fingerprint density at radius 2 is 1.63 bits per heavy atom. The van der Waals surface area contributed by atoms with Crippen LogP contribution in [0.15, 0.2) is 24.3 Å². The Bertz CT molecular complexity index is 429. The molecule has 0 spiro atoms. The Hall–Kier alpha value is -2.08. The maximum atomic E-state index is 11.5. The van der Waals surface area contributed by atoms with Gasteiger partial charge in [0, 0.05) is 30.4 Å². The Kier molecular flexibility index (Phi) is 5.81. The Labute approximate surface area is 112 Å². The highest BCUT2D eigenvalue weighted by Gasteiger charge is 2.04. The van der Waals surface area contributed by atoms with Crippen LogP contribution in [-0.2, 0) is 4.79 Å². The fraction of sp³-hybridized carbons (Fsp3) is 0.385. The number of benzene rings is 1. The van der Waals surface area contributed by atoms with Gasteiger partial charge in [-0.15, -0.1) is 0 Å². The lowest BCUT2D eigenvalue weighted by Crippen LogP contribution is -2.34. The second kappa shape index (κ2) is 7.38. The number of hydrogen-bond acceptors (Lipinski definition) is 3. The van der Waals surface area contributed by atoms with Crippen LogP contribution in [0.2, 0.25) is 0 Å². The predicted molar refractivity (Wildman–Crippen MR) is 76.0 cm³/mol. The molecule has 0 heterocycles. The van der Waals surface area contributed by atoms with Crippen LogP contribution in [-0.4, -0.2) is 24.5 Å². The van der Waals surface area contributed by atoms with Crippen LogP contribution in [0.25, 0.3) is 0 Å². The van der Waals surface area contributed by atoms with E-state index in [0.717, 1.165) is 0 Å². The zero-order valence-corrected chi connectivity index (χ0v) is 11.2. The van der Waals surface area contributed by atoms with Gasteiger partial charge in [0.2, 0.25) is 5.91 Å². The molecular formula is C13H20N4O2. The van der Waals surface area contributed by atoms with Crippen LogP contribution in [0.1, 0.15) is 20.3 Å². The molecule has 0 bridgehead atoms. The number of anilines is 2. The molecule has 0 radical (unpaired) electrons. The summed E-state index contributed by atoms with van der Waals surface area (Å²) in [5.74, 6) is -0.124. The molecule has 0 saturated heterocycles. The molecule has 0 atom stereocenters. The molecule has 5 N–H and O–H groups in total. The second-order valence-corrected chi connectivity index (χ2v) is 4.42. The van der Waals surface area contributed by atoms with Crippen molar-refractivity contribution < 1.29 is 9.59 Å². The van der Waals surface area contributed by atoms with E-state index in [2.05, 4.69) is 16.0 Å². The van der Waals surface area contributed by atoms with Gasteiger partial charge in [-0.3, -0.25) is 4.79 Å². The fourth-order valence-corrected chi connectivity index (χ4v) is 1.42. The minimum atomic E-state index is -0.255. The Balaban J connectivity index is 2.52. The van der Waals surface area contributed by atoms with Gasteiger partial charge in [0.05, 0.1) is 0 Å². The van der Waals surface area contributed by atoms with Crippen LogP contribution >= 0.6 is 0 Å². The van der Waals surface area contributed by atoms with Gasteiger partial charge >= 0.3 is 6.03 Å². The van der Waals surface area contributed by atoms with E-state index in [4.69, 9.17) is 5.73 Å². The zero-order chi connectivity index (χ0) is 14.3. The van der Waals surface area contributed by atoms with E-state index in [0.29, 0.717) is 17.9 Å². The molecule has 19 heavy (non-hydrogen) atoms. The average molecular weight is 264 g/mol. The smallest absolute Gasteiger partial charge is 0.319 e. The summed E-state index contributed by atoms with van der Waals surface area (Å²) in [5.41, 5.74) is 6.62. The second-order valence-electron chi connectivity index (χ2n) is 4.42. The lowest BCUT2D eigenvalue weighted by Gasteiger charge is -2.10. The van der Waals surface area contributed by atoms with Gasteiger partial charge in [0.15, 0.2) is 0 Å². The molecule has 0 aliphatic carbocycles. The number of nitrogens with two attached hydrogens (primary N) is 1. The summed E-state index contributed by atoms with van der Waals surface area (Å²) in [4.78, 5) is 22.8. The highest BCUT2D eigenvalue weighted by molar-refractivity contribution is 5.92. The van der Waals surface area contributed by atoms with Crippen LogP contribution in [0.3, 0.4) is 0 Å². The third kappa shape index (κ3) is 5.87. The molecule has 0 saturated carbocycles. The number of hydrogen-bond donors (Lipinski definition) is 4. The first-order valence-corrected chi connectivity index (χ1v) is 6.18. The zero-order valence-electron chi connectivity index (χ0n) is 11.2. The summed E-state index contributed by atoms with van der Waals surface area (Å²) in [6, 6.07) is 6.71. The van der Waals surface area contributed by atoms with E-state index in [9.17, 15) is 9.59 Å². The molecule has 6 heteroatoms. The van der Waals surface area contributed by atoms with Crippen molar-refractivity contribution in [2.75, 3.05) is 17.2 Å². The summed E-state index contributed by atoms with van der Waals surface area (Å²) in [6.07, 6.45) is 0.288. The van der Waals surface area contributed by atoms with Crippen LogP contribution in [0.5, 0.6) is 0 Å². The summed E-state index contributed by atoms with van der Waals surface area (Å²) < 4.78 is 0. The van der Waals surface area contributed by atoms with Crippen molar-refractivity contribution in [2.24, 2.45) is 5.73 Å². The molecule has 0 aliphatic rings. The van der Waals surface area contributed by atoms with Gasteiger partial charge in [-0.2, -0.15) is 0 Å². The molecule has 0 unspecified atom stereocenters. The van der Waals surface area contributed by atoms with Crippen molar-refractivity contribution in [3.8, 4) is 0 Å². The van der Waals surface area contributed by atoms with Gasteiger partial charge in [0.1, 0.15) is 0 Å². The monoisotopic (exact) mass is 264 g/mol. The van der Waals surface area contributed by atoms with Crippen LogP contribution in [0, 0.1) is 0 Å². The van der Waals surface area contributed by atoms with Crippen molar-refractivity contribution >= 4 is 23.3 Å². The molecule has 6 nitrogen and oxygen atoms in total. The first kappa shape index (κ1) is 15.0. The molecule has 1 aromatic rings. The third-order valence-electron chi connectivity index (χ3n) is 2.22. The summed E-state index contributed by atoms with van der Waals surface area (Å²) in [5, 5.41) is 8.13. The van der Waals surface area contributed by atoms with Crippen molar-refractivity contribution in [3.05, 3.63) is 24.3 Å². The topological polar surface area (TPSA) is 96.2 Å². The number of carbonyl (C=O) groups excluding carboxylic acids is 2. The minimum absolute atomic E-state index is 0.0785. The number of nitrogens with one attached hydrogen (secondary N) is 3. The molecule has 1 aromatic carbocycles. The van der Waals surface area contributed by atoms with E-state index < -0.39 is 0 Å². The van der Waals surface area contributed by atoms with Crippen molar-refractivity contribution in [1.29, 1.82) is 0 Å². The largest absolute Gasteiger partial charge is 0.336 e. The van der Waals surface area contributed by atoms with E-state index in [-0.39, 0.29) is 24.4 Å². The van der Waals surface area contributed by atoms with Gasteiger partial charge in [0.25, 0.3) is 0 Å². The Morgan fingerprint density at radius 3 is 2.11 bits per heavy atom. The lowest BCUT2D eigenvalue weighted by atomic mass is 10.2. The maximum absolute atomic E-state index is 11.5. The molecule has 0 fully saturated rings. The van der Waals surface area contributed by atoms with Crippen molar-refractivity contribution in [3.63, 3.8) is 0 Å². The van der Waals surface area contributed by atoms with Crippen molar-refractivity contribution in [2.45, 2.75) is 26.3 Å². The highest BCUT2D eigenvalue weighted by atomic mass is 16.2. The highest BCUT2D eigenvalue weighted by Crippen LogP contribution is 2.13. The molecule has 104 valence electrons. The van der Waals surface area contributed by atoms with E-state index >= 15 is 0 Å². The summed E-state index contributed by atoms with van der Waals surface area (Å²) >= 11 is 0. The first-order chi connectivity index (χ1) is 9.01. The average Bonchev–Trinajstić information content (AvgIpc) is 2.31. The molecule has 0 aromatic heterocycles. The van der Waals surface area contributed by atoms with E-state index in [1.807, 2.05) is 13.8 Å². The number of amides is 3. The van der Waals surface area contributed by atoms with Gasteiger partial charge in [-0.05, 0) is 38.1 Å². The van der Waals surface area contributed by atoms with Crippen LogP contribution in [0.4, 0.5) is 16.2 Å². The molecule has 0 aliphatic heterocycles. The van der Waals surface area contributed by atoms with Crippen LogP contribution < -0.4 is 21.7 Å². The SMILES string of the molecule is CC(C)NC(=O)Nc1ccc(NC(=O)CCN)cc1. The molecular weight excluding hydrogens is 244 g/mol. The van der Waals surface area contributed by atoms with Crippen molar-refractivity contribution in [1.82, 2.24) is 5.32 Å². The van der Waals surface area contributed by atoms with E-state index in [1.165, 1.54) is 0 Å². The number of urea groups is 1. The first-order valence-electron chi connectivity index (χ1n) is 6.18. The molecule has 3 amide bonds. The quantitative estimate of drug-likeness (QED) is 0.649. The normalized spacial score (nSPS) is 10.1. The number of rotatable bonds is 5.